The number of rotatable bonds is 3. The molecule has 1 aromatic heterocycles. The van der Waals surface area contributed by atoms with E-state index in [-0.39, 0.29) is 6.54 Å². The molecule has 1 atom stereocenters. The van der Waals surface area contributed by atoms with Crippen molar-refractivity contribution in [1.82, 2.24) is 14.3 Å². The second kappa shape index (κ2) is 6.35. The summed E-state index contributed by atoms with van der Waals surface area (Å²) in [5.41, 5.74) is 0.292. The Morgan fingerprint density at radius 3 is 2.52 bits per heavy atom. The number of aromatic amines is 1. The number of benzene rings is 2. The standard InChI is InChI=1S/C18H16F3N3O2S/c19-18(20,21)12-6-1-4-10-16(12)27(25,26)24-11-5-9-15(24)17-22-13-7-2-3-8-14(13)23-17/h1-4,6-8,10,15H,5,9,11H2,(H,22,23). The zero-order valence-electron chi connectivity index (χ0n) is 14.1. The first-order valence-corrected chi connectivity index (χ1v) is 9.85. The van der Waals surface area contributed by atoms with Crippen LogP contribution in [0.4, 0.5) is 13.2 Å². The maximum Gasteiger partial charge on any atom is 0.417 e. The van der Waals surface area contributed by atoms with Crippen LogP contribution in [0.15, 0.2) is 53.4 Å². The van der Waals surface area contributed by atoms with E-state index in [9.17, 15) is 21.6 Å². The van der Waals surface area contributed by atoms with E-state index in [0.29, 0.717) is 24.2 Å². The third-order valence-electron chi connectivity index (χ3n) is 4.71. The van der Waals surface area contributed by atoms with Crippen molar-refractivity contribution in [3.63, 3.8) is 0 Å². The lowest BCUT2D eigenvalue weighted by molar-refractivity contribution is -0.139. The molecule has 1 aliphatic heterocycles. The molecular formula is C18H16F3N3O2S. The molecule has 0 bridgehead atoms. The molecule has 0 radical (unpaired) electrons. The number of H-pyrrole nitrogens is 1. The normalized spacial score (nSPS) is 19.0. The van der Waals surface area contributed by atoms with E-state index in [0.717, 1.165) is 22.0 Å². The Hall–Kier alpha value is -2.39. The van der Waals surface area contributed by atoms with Crippen LogP contribution in [0.2, 0.25) is 0 Å². The second-order valence-electron chi connectivity index (χ2n) is 6.41. The number of fused-ring (bicyclic) bond motifs is 1. The van der Waals surface area contributed by atoms with Gasteiger partial charge in [0.1, 0.15) is 5.82 Å². The average Bonchev–Trinajstić information content (AvgIpc) is 3.27. The molecule has 9 heteroatoms. The van der Waals surface area contributed by atoms with Gasteiger partial charge in [-0.3, -0.25) is 0 Å². The number of nitrogens with one attached hydrogen (secondary N) is 1. The Kier molecular flexibility index (Phi) is 4.23. The quantitative estimate of drug-likeness (QED) is 0.726. The summed E-state index contributed by atoms with van der Waals surface area (Å²) in [6.45, 7) is 0.149. The summed E-state index contributed by atoms with van der Waals surface area (Å²) in [5, 5.41) is 0. The molecule has 1 unspecified atom stereocenters. The van der Waals surface area contributed by atoms with E-state index in [4.69, 9.17) is 0 Å². The van der Waals surface area contributed by atoms with Gasteiger partial charge in [0, 0.05) is 6.54 Å². The van der Waals surface area contributed by atoms with Crippen LogP contribution in [0.5, 0.6) is 0 Å². The number of sulfonamides is 1. The van der Waals surface area contributed by atoms with Crippen molar-refractivity contribution in [3.8, 4) is 0 Å². The number of halogens is 3. The summed E-state index contributed by atoms with van der Waals surface area (Å²) in [7, 11) is -4.33. The number of para-hydroxylation sites is 2. The largest absolute Gasteiger partial charge is 0.417 e. The number of hydrogen-bond acceptors (Lipinski definition) is 3. The van der Waals surface area contributed by atoms with Crippen LogP contribution in [0.3, 0.4) is 0 Å². The van der Waals surface area contributed by atoms with Crippen LogP contribution in [-0.2, 0) is 16.2 Å². The van der Waals surface area contributed by atoms with E-state index in [2.05, 4.69) is 9.97 Å². The Bertz CT molecular complexity index is 1060. The highest BCUT2D eigenvalue weighted by Gasteiger charge is 2.43. The summed E-state index contributed by atoms with van der Waals surface area (Å²) >= 11 is 0. The van der Waals surface area contributed by atoms with Crippen LogP contribution < -0.4 is 0 Å². The van der Waals surface area contributed by atoms with Gasteiger partial charge in [0.05, 0.1) is 27.5 Å². The second-order valence-corrected chi connectivity index (χ2v) is 8.27. The third kappa shape index (κ3) is 3.10. The van der Waals surface area contributed by atoms with Gasteiger partial charge >= 0.3 is 6.18 Å². The third-order valence-corrected chi connectivity index (χ3v) is 6.67. The van der Waals surface area contributed by atoms with Gasteiger partial charge in [0.2, 0.25) is 10.0 Å². The zero-order chi connectivity index (χ0) is 19.2. The van der Waals surface area contributed by atoms with E-state index >= 15 is 0 Å². The molecular weight excluding hydrogens is 379 g/mol. The van der Waals surface area contributed by atoms with Crippen LogP contribution in [-0.4, -0.2) is 29.2 Å². The number of nitrogens with zero attached hydrogens (tertiary/aromatic N) is 2. The molecule has 2 heterocycles. The summed E-state index contributed by atoms with van der Waals surface area (Å²) < 4.78 is 67.3. The Labute approximate surface area is 153 Å². The van der Waals surface area contributed by atoms with Crippen molar-refractivity contribution < 1.29 is 21.6 Å². The van der Waals surface area contributed by atoms with Crippen LogP contribution in [0.1, 0.15) is 30.3 Å². The van der Waals surface area contributed by atoms with Gasteiger partial charge < -0.3 is 4.98 Å². The molecule has 0 amide bonds. The fourth-order valence-corrected chi connectivity index (χ4v) is 5.36. The Morgan fingerprint density at radius 2 is 1.78 bits per heavy atom. The van der Waals surface area contributed by atoms with Crippen molar-refractivity contribution in [3.05, 3.63) is 59.9 Å². The maximum atomic E-state index is 13.3. The first-order valence-electron chi connectivity index (χ1n) is 8.41. The molecule has 142 valence electrons. The molecule has 5 nitrogen and oxygen atoms in total. The van der Waals surface area contributed by atoms with Crippen molar-refractivity contribution >= 4 is 21.1 Å². The smallest absolute Gasteiger partial charge is 0.341 e. The van der Waals surface area contributed by atoms with E-state index in [1.807, 2.05) is 18.2 Å². The highest BCUT2D eigenvalue weighted by atomic mass is 32.2. The van der Waals surface area contributed by atoms with Crippen molar-refractivity contribution in [1.29, 1.82) is 0 Å². The van der Waals surface area contributed by atoms with Gasteiger partial charge in [-0.15, -0.1) is 0 Å². The Morgan fingerprint density at radius 1 is 1.07 bits per heavy atom. The predicted octanol–water partition coefficient (Wildman–Crippen LogP) is 4.11. The molecule has 3 aromatic rings. The number of hydrogen-bond donors (Lipinski definition) is 1. The van der Waals surface area contributed by atoms with E-state index in [1.165, 1.54) is 12.1 Å². The molecule has 1 N–H and O–H groups in total. The molecule has 1 saturated heterocycles. The predicted molar refractivity (Wildman–Crippen MR) is 93.4 cm³/mol. The minimum absolute atomic E-state index is 0.149. The average molecular weight is 395 g/mol. The van der Waals surface area contributed by atoms with Crippen molar-refractivity contribution in [2.45, 2.75) is 30.0 Å². The fourth-order valence-electron chi connectivity index (χ4n) is 3.48. The topological polar surface area (TPSA) is 66.1 Å². The number of imidazole rings is 1. The highest BCUT2D eigenvalue weighted by Crippen LogP contribution is 2.40. The van der Waals surface area contributed by atoms with Gasteiger partial charge in [-0.05, 0) is 37.1 Å². The minimum Gasteiger partial charge on any atom is -0.341 e. The Balaban J connectivity index is 1.78. The molecule has 4 rings (SSSR count). The van der Waals surface area contributed by atoms with Gasteiger partial charge in [-0.2, -0.15) is 17.5 Å². The molecule has 0 aliphatic carbocycles. The monoisotopic (exact) mass is 395 g/mol. The zero-order valence-corrected chi connectivity index (χ0v) is 14.9. The molecule has 27 heavy (non-hydrogen) atoms. The highest BCUT2D eigenvalue weighted by molar-refractivity contribution is 7.89. The lowest BCUT2D eigenvalue weighted by Gasteiger charge is -2.24. The molecule has 0 spiro atoms. The first-order chi connectivity index (χ1) is 12.8. The van der Waals surface area contributed by atoms with Gasteiger partial charge in [0.25, 0.3) is 0 Å². The number of alkyl halides is 3. The van der Waals surface area contributed by atoms with E-state index in [1.54, 1.807) is 6.07 Å². The summed E-state index contributed by atoms with van der Waals surface area (Å²) in [5.74, 6) is 0.446. The molecule has 1 fully saturated rings. The van der Waals surface area contributed by atoms with Crippen molar-refractivity contribution in [2.75, 3.05) is 6.54 Å². The van der Waals surface area contributed by atoms with Crippen LogP contribution in [0, 0.1) is 0 Å². The van der Waals surface area contributed by atoms with Crippen LogP contribution >= 0.6 is 0 Å². The number of aromatic nitrogens is 2. The van der Waals surface area contributed by atoms with Crippen LogP contribution in [0.25, 0.3) is 11.0 Å². The summed E-state index contributed by atoms with van der Waals surface area (Å²) in [6, 6.07) is 10.9. The molecule has 0 saturated carbocycles. The first kappa shape index (κ1) is 18.0. The summed E-state index contributed by atoms with van der Waals surface area (Å²) in [4.78, 5) is 6.81. The van der Waals surface area contributed by atoms with Gasteiger partial charge in [-0.1, -0.05) is 24.3 Å². The lowest BCUT2D eigenvalue weighted by atomic mass is 10.2. The SMILES string of the molecule is O=S(=O)(c1ccccc1C(F)(F)F)N1CCCC1c1nc2ccccc2[nH]1. The van der Waals surface area contributed by atoms with E-state index < -0.39 is 32.7 Å². The van der Waals surface area contributed by atoms with Crippen molar-refractivity contribution in [2.24, 2.45) is 0 Å². The van der Waals surface area contributed by atoms with Gasteiger partial charge in [-0.25, -0.2) is 13.4 Å². The lowest BCUT2D eigenvalue weighted by Crippen LogP contribution is -2.32. The minimum atomic E-state index is -4.75. The molecule has 2 aromatic carbocycles. The van der Waals surface area contributed by atoms with Gasteiger partial charge in [0.15, 0.2) is 0 Å². The fraction of sp³-hybridized carbons (Fsp3) is 0.278. The summed E-state index contributed by atoms with van der Waals surface area (Å²) in [6.07, 6.45) is -3.71. The molecule has 1 aliphatic rings. The maximum absolute atomic E-state index is 13.3.